The summed E-state index contributed by atoms with van der Waals surface area (Å²) in [6, 6.07) is 7.27. The van der Waals surface area contributed by atoms with E-state index in [2.05, 4.69) is 10.3 Å². The number of carbonyl (C=O) groups excluding carboxylic acids is 1. The molecule has 2 saturated carbocycles. The van der Waals surface area contributed by atoms with Gasteiger partial charge in [0.05, 0.1) is 21.1 Å². The Bertz CT molecular complexity index is 1500. The zero-order chi connectivity index (χ0) is 28.0. The van der Waals surface area contributed by atoms with Crippen LogP contribution in [-0.2, 0) is 16.4 Å². The number of benzene rings is 2. The van der Waals surface area contributed by atoms with Gasteiger partial charge in [0.15, 0.2) is 5.01 Å². The van der Waals surface area contributed by atoms with Gasteiger partial charge in [0, 0.05) is 17.5 Å². The van der Waals surface area contributed by atoms with E-state index in [0.717, 1.165) is 43.2 Å². The van der Waals surface area contributed by atoms with Crippen molar-refractivity contribution >= 4 is 38.0 Å². The monoisotopic (exact) mass is 581 g/mol. The molecule has 0 bridgehead atoms. The lowest BCUT2D eigenvalue weighted by Gasteiger charge is -2.36. The number of halogens is 3. The lowest BCUT2D eigenvalue weighted by Crippen LogP contribution is -2.47. The predicted molar refractivity (Wildman–Crippen MR) is 143 cm³/mol. The molecule has 7 nitrogen and oxygen atoms in total. The highest BCUT2D eigenvalue weighted by atomic mass is 32.2. The first kappa shape index (κ1) is 28.0. The summed E-state index contributed by atoms with van der Waals surface area (Å²) < 4.78 is 67.0. The molecule has 2 fully saturated rings. The van der Waals surface area contributed by atoms with Crippen LogP contribution in [0.25, 0.3) is 21.2 Å². The van der Waals surface area contributed by atoms with E-state index in [4.69, 9.17) is 0 Å². The summed E-state index contributed by atoms with van der Waals surface area (Å²) in [4.78, 5) is 18.1. The van der Waals surface area contributed by atoms with Gasteiger partial charge in [0.2, 0.25) is 10.0 Å². The molecule has 12 heteroatoms. The number of carbonyl (C=O) groups is 1. The summed E-state index contributed by atoms with van der Waals surface area (Å²) in [5, 5.41) is 14.2. The maximum atomic E-state index is 13.1. The highest BCUT2D eigenvalue weighted by Crippen LogP contribution is 2.41. The lowest BCUT2D eigenvalue weighted by molar-refractivity contribution is -0.147. The number of thiazole rings is 1. The summed E-state index contributed by atoms with van der Waals surface area (Å²) in [7, 11) is -4.49. The standard InChI is InChI=1S/C27H30F3N3O4S2/c1-16(27(28,29)30)33-39(36,37)22-11-10-20(18-8-2-3-9-19(18)22)23-21(14-17-6-4-7-17)32-25(38-23)24(34)31-15-26(35)12-5-13-26/h2-3,8-11,16-17,33,35H,4-7,12-15H2,1H3,(H,31,34)/t16-/m0/s1. The Balaban J connectivity index is 1.53. The van der Waals surface area contributed by atoms with Crippen LogP contribution in [0.4, 0.5) is 13.2 Å². The van der Waals surface area contributed by atoms with Gasteiger partial charge < -0.3 is 10.4 Å². The Morgan fingerprint density at radius 3 is 2.44 bits per heavy atom. The fourth-order valence-corrected chi connectivity index (χ4v) is 7.41. The molecule has 210 valence electrons. The molecule has 39 heavy (non-hydrogen) atoms. The van der Waals surface area contributed by atoms with E-state index in [1.54, 1.807) is 35.1 Å². The zero-order valence-corrected chi connectivity index (χ0v) is 23.0. The molecular formula is C27H30F3N3O4S2. The minimum atomic E-state index is -4.73. The molecule has 5 rings (SSSR count). The van der Waals surface area contributed by atoms with E-state index < -0.39 is 27.8 Å². The molecule has 3 aromatic rings. The highest BCUT2D eigenvalue weighted by Gasteiger charge is 2.39. The Morgan fingerprint density at radius 1 is 1.15 bits per heavy atom. The van der Waals surface area contributed by atoms with Crippen LogP contribution in [0.1, 0.15) is 60.9 Å². The van der Waals surface area contributed by atoms with Gasteiger partial charge in [0.1, 0.15) is 6.04 Å². The number of rotatable bonds is 9. The molecular weight excluding hydrogens is 551 g/mol. The van der Waals surface area contributed by atoms with Crippen LogP contribution in [0.5, 0.6) is 0 Å². The van der Waals surface area contributed by atoms with Crippen molar-refractivity contribution in [2.24, 2.45) is 5.92 Å². The van der Waals surface area contributed by atoms with Gasteiger partial charge in [0.25, 0.3) is 5.91 Å². The number of aromatic nitrogens is 1. The Morgan fingerprint density at radius 2 is 1.85 bits per heavy atom. The van der Waals surface area contributed by atoms with E-state index >= 15 is 0 Å². The number of sulfonamides is 1. The van der Waals surface area contributed by atoms with Gasteiger partial charge in [-0.2, -0.15) is 17.9 Å². The van der Waals surface area contributed by atoms with E-state index in [1.165, 1.54) is 17.4 Å². The van der Waals surface area contributed by atoms with Crippen molar-refractivity contribution in [1.82, 2.24) is 15.0 Å². The van der Waals surface area contributed by atoms with Crippen molar-refractivity contribution in [2.45, 2.75) is 74.6 Å². The first-order valence-electron chi connectivity index (χ1n) is 13.0. The number of amides is 1. The minimum Gasteiger partial charge on any atom is -0.388 e. The zero-order valence-electron chi connectivity index (χ0n) is 21.3. The summed E-state index contributed by atoms with van der Waals surface area (Å²) >= 11 is 1.20. The SMILES string of the molecule is C[C@H](NS(=O)(=O)c1ccc(-c2sc(C(=O)NCC3(O)CCC3)nc2CC2CCC2)c2ccccc12)C(F)(F)F. The van der Waals surface area contributed by atoms with Crippen LogP contribution in [0, 0.1) is 5.92 Å². The highest BCUT2D eigenvalue weighted by molar-refractivity contribution is 7.89. The van der Waals surface area contributed by atoms with E-state index in [1.807, 2.05) is 0 Å². The summed E-state index contributed by atoms with van der Waals surface area (Å²) in [6.07, 6.45) is 1.40. The predicted octanol–water partition coefficient (Wildman–Crippen LogP) is 5.18. The number of aliphatic hydroxyl groups is 1. The van der Waals surface area contributed by atoms with Crippen molar-refractivity contribution in [3.63, 3.8) is 0 Å². The lowest BCUT2D eigenvalue weighted by atomic mass is 9.80. The van der Waals surface area contributed by atoms with E-state index in [0.29, 0.717) is 36.1 Å². The molecule has 1 amide bonds. The normalized spacial score (nSPS) is 18.4. The summed E-state index contributed by atoms with van der Waals surface area (Å²) in [5.74, 6) is 0.0618. The number of fused-ring (bicyclic) bond motifs is 1. The average molecular weight is 582 g/mol. The van der Waals surface area contributed by atoms with Crippen LogP contribution in [0.2, 0.25) is 0 Å². The molecule has 2 aliphatic carbocycles. The molecule has 0 spiro atoms. The summed E-state index contributed by atoms with van der Waals surface area (Å²) in [6.45, 7) is 0.909. The van der Waals surface area contributed by atoms with Gasteiger partial charge in [-0.3, -0.25) is 4.79 Å². The van der Waals surface area contributed by atoms with Gasteiger partial charge in [-0.15, -0.1) is 11.3 Å². The second kappa shape index (κ2) is 10.5. The second-order valence-corrected chi connectivity index (χ2v) is 13.3. The van der Waals surface area contributed by atoms with Crippen molar-refractivity contribution < 1.29 is 31.5 Å². The molecule has 2 aromatic carbocycles. The van der Waals surface area contributed by atoms with Crippen molar-refractivity contribution in [2.75, 3.05) is 6.54 Å². The van der Waals surface area contributed by atoms with Crippen LogP contribution < -0.4 is 10.0 Å². The minimum absolute atomic E-state index is 0.150. The van der Waals surface area contributed by atoms with Crippen LogP contribution >= 0.6 is 11.3 Å². The topological polar surface area (TPSA) is 108 Å². The fourth-order valence-electron chi connectivity index (χ4n) is 4.92. The van der Waals surface area contributed by atoms with Gasteiger partial charge in [-0.25, -0.2) is 13.4 Å². The third-order valence-corrected chi connectivity index (χ3v) is 10.4. The van der Waals surface area contributed by atoms with Crippen LogP contribution in [0.3, 0.4) is 0 Å². The third-order valence-electron chi connectivity index (χ3n) is 7.70. The third kappa shape index (κ3) is 5.84. The molecule has 0 saturated heterocycles. The molecule has 1 heterocycles. The first-order chi connectivity index (χ1) is 18.4. The molecule has 1 aromatic heterocycles. The molecule has 0 unspecified atom stereocenters. The van der Waals surface area contributed by atoms with Crippen molar-refractivity contribution in [3.8, 4) is 10.4 Å². The molecule has 2 aliphatic rings. The Hall–Kier alpha value is -2.54. The number of nitrogens with one attached hydrogen (secondary N) is 2. The number of hydrogen-bond donors (Lipinski definition) is 3. The van der Waals surface area contributed by atoms with E-state index in [9.17, 15) is 31.5 Å². The van der Waals surface area contributed by atoms with E-state index in [-0.39, 0.29) is 27.7 Å². The number of nitrogens with zero attached hydrogens (tertiary/aromatic N) is 1. The fraction of sp³-hybridized carbons (Fsp3) is 0.481. The van der Waals surface area contributed by atoms with Crippen LogP contribution in [-0.4, -0.2) is 48.8 Å². The molecule has 0 aliphatic heterocycles. The maximum absolute atomic E-state index is 13.1. The van der Waals surface area contributed by atoms with Gasteiger partial charge in [-0.1, -0.05) is 49.6 Å². The molecule has 3 N–H and O–H groups in total. The van der Waals surface area contributed by atoms with Crippen LogP contribution in [0.15, 0.2) is 41.3 Å². The number of hydrogen-bond acceptors (Lipinski definition) is 6. The first-order valence-corrected chi connectivity index (χ1v) is 15.3. The summed E-state index contributed by atoms with van der Waals surface area (Å²) in [5.41, 5.74) is 0.526. The Labute approximate surface area is 228 Å². The van der Waals surface area contributed by atoms with Gasteiger partial charge in [-0.05, 0) is 50.0 Å². The number of alkyl halides is 3. The molecule has 0 radical (unpaired) electrons. The van der Waals surface area contributed by atoms with Crippen molar-refractivity contribution in [3.05, 3.63) is 47.1 Å². The van der Waals surface area contributed by atoms with Gasteiger partial charge >= 0.3 is 6.18 Å². The Kier molecular flexibility index (Phi) is 7.51. The largest absolute Gasteiger partial charge is 0.404 e. The average Bonchev–Trinajstić information content (AvgIpc) is 3.25. The second-order valence-electron chi connectivity index (χ2n) is 10.6. The van der Waals surface area contributed by atoms with Crippen molar-refractivity contribution in [1.29, 1.82) is 0 Å². The molecule has 1 atom stereocenters. The quantitative estimate of drug-likeness (QED) is 0.323. The smallest absolute Gasteiger partial charge is 0.388 e. The maximum Gasteiger partial charge on any atom is 0.404 e.